The molecule has 0 amide bonds. The van der Waals surface area contributed by atoms with Gasteiger partial charge in [0.1, 0.15) is 0 Å². The van der Waals surface area contributed by atoms with Crippen molar-refractivity contribution in [2.24, 2.45) is 0 Å². The summed E-state index contributed by atoms with van der Waals surface area (Å²) >= 11 is 7.19. The second kappa shape index (κ2) is 5.23. The SMILES string of the molecule is O=C(Cl)C(Cc1ccncc1)c1cccs1. The lowest BCUT2D eigenvalue weighted by molar-refractivity contribution is -0.112. The summed E-state index contributed by atoms with van der Waals surface area (Å²) in [6.45, 7) is 0. The minimum atomic E-state index is -0.306. The largest absolute Gasteiger partial charge is 0.281 e. The van der Waals surface area contributed by atoms with Gasteiger partial charge in [0.2, 0.25) is 5.24 Å². The molecule has 0 saturated heterocycles. The lowest BCUT2D eigenvalue weighted by Gasteiger charge is -2.10. The minimum absolute atomic E-state index is 0.246. The van der Waals surface area contributed by atoms with Gasteiger partial charge in [-0.25, -0.2) is 0 Å². The third kappa shape index (κ3) is 2.68. The number of halogens is 1. The second-order valence-corrected chi connectivity index (χ2v) is 4.78. The van der Waals surface area contributed by atoms with E-state index in [-0.39, 0.29) is 11.2 Å². The summed E-state index contributed by atoms with van der Waals surface area (Å²) in [5.41, 5.74) is 1.07. The quantitative estimate of drug-likeness (QED) is 0.781. The van der Waals surface area contributed by atoms with E-state index in [0.717, 1.165) is 10.4 Å². The van der Waals surface area contributed by atoms with E-state index < -0.39 is 0 Å². The normalized spacial score (nSPS) is 12.3. The molecule has 0 radical (unpaired) electrons. The predicted molar refractivity (Wildman–Crippen MR) is 65.9 cm³/mol. The van der Waals surface area contributed by atoms with Gasteiger partial charge in [-0.1, -0.05) is 6.07 Å². The van der Waals surface area contributed by atoms with Gasteiger partial charge in [-0.15, -0.1) is 11.3 Å². The van der Waals surface area contributed by atoms with Crippen LogP contribution in [0.4, 0.5) is 0 Å². The van der Waals surface area contributed by atoms with E-state index in [9.17, 15) is 4.79 Å². The van der Waals surface area contributed by atoms with Crippen LogP contribution in [0.2, 0.25) is 0 Å². The number of aromatic nitrogens is 1. The molecule has 2 rings (SSSR count). The number of hydrogen-bond acceptors (Lipinski definition) is 3. The molecule has 1 atom stereocenters. The molecule has 2 heterocycles. The number of thiophene rings is 1. The van der Waals surface area contributed by atoms with Crippen LogP contribution in [0.15, 0.2) is 42.0 Å². The number of rotatable bonds is 4. The standard InChI is InChI=1S/C12H10ClNOS/c13-12(15)10(11-2-1-7-16-11)8-9-3-5-14-6-4-9/h1-7,10H,8H2. The Morgan fingerprint density at radius 2 is 2.12 bits per heavy atom. The number of nitrogens with zero attached hydrogens (tertiary/aromatic N) is 1. The third-order valence-electron chi connectivity index (χ3n) is 2.35. The van der Waals surface area contributed by atoms with Crippen LogP contribution < -0.4 is 0 Å². The second-order valence-electron chi connectivity index (χ2n) is 3.43. The first-order chi connectivity index (χ1) is 7.77. The van der Waals surface area contributed by atoms with Gasteiger partial charge in [0, 0.05) is 17.3 Å². The van der Waals surface area contributed by atoms with Crippen LogP contribution in [0.5, 0.6) is 0 Å². The monoisotopic (exact) mass is 251 g/mol. The zero-order valence-electron chi connectivity index (χ0n) is 8.47. The lowest BCUT2D eigenvalue weighted by Crippen LogP contribution is -2.08. The van der Waals surface area contributed by atoms with Gasteiger partial charge >= 0.3 is 0 Å². The summed E-state index contributed by atoms with van der Waals surface area (Å²) in [5, 5.41) is 1.65. The summed E-state index contributed by atoms with van der Waals surface area (Å²) in [6, 6.07) is 7.68. The predicted octanol–water partition coefficient (Wildman–Crippen LogP) is 3.23. The van der Waals surface area contributed by atoms with Gasteiger partial charge in [-0.3, -0.25) is 9.78 Å². The molecule has 2 nitrogen and oxygen atoms in total. The van der Waals surface area contributed by atoms with E-state index >= 15 is 0 Å². The van der Waals surface area contributed by atoms with Crippen molar-refractivity contribution >= 4 is 28.2 Å². The van der Waals surface area contributed by atoms with Crippen LogP contribution in [-0.2, 0) is 11.2 Å². The summed E-state index contributed by atoms with van der Waals surface area (Å²) < 4.78 is 0. The fraction of sp³-hybridized carbons (Fsp3) is 0.167. The fourth-order valence-electron chi connectivity index (χ4n) is 1.54. The van der Waals surface area contributed by atoms with E-state index in [1.165, 1.54) is 0 Å². The van der Waals surface area contributed by atoms with Crippen molar-refractivity contribution in [3.63, 3.8) is 0 Å². The van der Waals surface area contributed by atoms with Crippen LogP contribution in [0.3, 0.4) is 0 Å². The Morgan fingerprint density at radius 1 is 1.38 bits per heavy atom. The number of pyridine rings is 1. The highest BCUT2D eigenvalue weighted by atomic mass is 35.5. The molecule has 16 heavy (non-hydrogen) atoms. The Kier molecular flexibility index (Phi) is 3.70. The molecule has 0 spiro atoms. The molecule has 0 aliphatic heterocycles. The van der Waals surface area contributed by atoms with Crippen molar-refractivity contribution in [3.8, 4) is 0 Å². The average molecular weight is 252 g/mol. The Morgan fingerprint density at radius 3 is 2.69 bits per heavy atom. The van der Waals surface area contributed by atoms with E-state index in [1.54, 1.807) is 23.7 Å². The topological polar surface area (TPSA) is 30.0 Å². The molecule has 0 fully saturated rings. The Balaban J connectivity index is 2.19. The smallest absolute Gasteiger partial charge is 0.230 e. The number of carbonyl (C=O) groups excluding carboxylic acids is 1. The molecule has 4 heteroatoms. The van der Waals surface area contributed by atoms with Gasteiger partial charge in [0.05, 0.1) is 5.92 Å². The molecular weight excluding hydrogens is 242 g/mol. The van der Waals surface area contributed by atoms with E-state index in [1.807, 2.05) is 29.6 Å². The first-order valence-electron chi connectivity index (χ1n) is 4.89. The van der Waals surface area contributed by atoms with Crippen LogP contribution in [0.25, 0.3) is 0 Å². The molecule has 0 bridgehead atoms. The van der Waals surface area contributed by atoms with Crippen LogP contribution >= 0.6 is 22.9 Å². The van der Waals surface area contributed by atoms with Crippen molar-refractivity contribution < 1.29 is 4.79 Å². The zero-order chi connectivity index (χ0) is 11.4. The first-order valence-corrected chi connectivity index (χ1v) is 6.15. The van der Waals surface area contributed by atoms with Crippen molar-refractivity contribution in [2.75, 3.05) is 0 Å². The van der Waals surface area contributed by atoms with Crippen molar-refractivity contribution in [3.05, 3.63) is 52.5 Å². The maximum atomic E-state index is 11.4. The molecule has 0 aliphatic carbocycles. The Hall–Kier alpha value is -1.19. The molecule has 2 aromatic rings. The Bertz CT molecular complexity index is 455. The average Bonchev–Trinajstić information content (AvgIpc) is 2.80. The van der Waals surface area contributed by atoms with Crippen LogP contribution in [0, 0.1) is 0 Å². The highest BCUT2D eigenvalue weighted by Gasteiger charge is 2.19. The van der Waals surface area contributed by atoms with Gasteiger partial charge < -0.3 is 0 Å². The molecule has 82 valence electrons. The molecule has 2 aromatic heterocycles. The summed E-state index contributed by atoms with van der Waals surface area (Å²) in [6.07, 6.45) is 4.07. The summed E-state index contributed by atoms with van der Waals surface area (Å²) in [4.78, 5) is 16.4. The van der Waals surface area contributed by atoms with Crippen LogP contribution in [0.1, 0.15) is 16.4 Å². The third-order valence-corrected chi connectivity index (χ3v) is 3.60. The molecule has 0 aliphatic rings. The molecule has 0 saturated carbocycles. The van der Waals surface area contributed by atoms with Gasteiger partial charge in [-0.05, 0) is 47.2 Å². The van der Waals surface area contributed by atoms with E-state index in [2.05, 4.69) is 4.98 Å². The van der Waals surface area contributed by atoms with Crippen molar-refractivity contribution in [2.45, 2.75) is 12.3 Å². The van der Waals surface area contributed by atoms with E-state index in [0.29, 0.717) is 6.42 Å². The van der Waals surface area contributed by atoms with E-state index in [4.69, 9.17) is 11.6 Å². The van der Waals surface area contributed by atoms with Crippen LogP contribution in [-0.4, -0.2) is 10.2 Å². The van der Waals surface area contributed by atoms with Gasteiger partial charge in [0.25, 0.3) is 0 Å². The van der Waals surface area contributed by atoms with Crippen molar-refractivity contribution in [1.82, 2.24) is 4.98 Å². The zero-order valence-corrected chi connectivity index (χ0v) is 10.0. The molecule has 0 N–H and O–H groups in total. The highest BCUT2D eigenvalue weighted by Crippen LogP contribution is 2.27. The Labute approximate surface area is 103 Å². The minimum Gasteiger partial charge on any atom is -0.281 e. The number of carbonyl (C=O) groups is 1. The number of hydrogen-bond donors (Lipinski definition) is 0. The van der Waals surface area contributed by atoms with Gasteiger partial charge in [0.15, 0.2) is 0 Å². The van der Waals surface area contributed by atoms with Crippen molar-refractivity contribution in [1.29, 1.82) is 0 Å². The van der Waals surface area contributed by atoms with Gasteiger partial charge in [-0.2, -0.15) is 0 Å². The molecule has 0 aromatic carbocycles. The fourth-order valence-corrected chi connectivity index (χ4v) is 2.62. The maximum Gasteiger partial charge on any atom is 0.230 e. The molecular formula is C12H10ClNOS. The maximum absolute atomic E-state index is 11.4. The molecule has 1 unspecified atom stereocenters. The summed E-state index contributed by atoms with van der Waals surface area (Å²) in [7, 11) is 0. The summed E-state index contributed by atoms with van der Waals surface area (Å²) in [5.74, 6) is -0.246. The first kappa shape index (κ1) is 11.3. The lowest BCUT2D eigenvalue weighted by atomic mass is 10.00. The highest BCUT2D eigenvalue weighted by molar-refractivity contribution is 7.10.